The van der Waals surface area contributed by atoms with Crippen molar-refractivity contribution in [2.75, 3.05) is 11.9 Å². The Hall–Kier alpha value is -3.15. The second-order valence-electron chi connectivity index (χ2n) is 5.27. The lowest BCUT2D eigenvalue weighted by atomic mass is 10.1. The third-order valence-electron chi connectivity index (χ3n) is 3.77. The highest BCUT2D eigenvalue weighted by Crippen LogP contribution is 2.31. The molecule has 0 saturated carbocycles. The molecule has 4 rings (SSSR count). The van der Waals surface area contributed by atoms with E-state index in [1.807, 2.05) is 0 Å². The maximum atomic E-state index is 13.3. The molecule has 2 amide bonds. The number of carbonyl (C=O) groups excluding carboxylic acids is 2. The summed E-state index contributed by atoms with van der Waals surface area (Å²) in [7, 11) is 0. The van der Waals surface area contributed by atoms with E-state index < -0.39 is 5.82 Å². The Morgan fingerprint density at radius 3 is 2.43 bits per heavy atom. The molecule has 23 heavy (non-hydrogen) atoms. The van der Waals surface area contributed by atoms with Crippen LogP contribution in [-0.2, 0) is 0 Å². The number of anilines is 1. The number of benzene rings is 2. The van der Waals surface area contributed by atoms with Crippen molar-refractivity contribution in [3.05, 3.63) is 71.4 Å². The Kier molecular flexibility index (Phi) is 2.90. The number of amides is 2. The summed E-state index contributed by atoms with van der Waals surface area (Å²) in [6, 6.07) is 10.8. The number of ether oxygens (including phenoxy) is 1. The van der Waals surface area contributed by atoms with Gasteiger partial charge in [0.2, 0.25) is 0 Å². The molecule has 0 aromatic heterocycles. The summed E-state index contributed by atoms with van der Waals surface area (Å²) in [5.41, 5.74) is 1.74. The van der Waals surface area contributed by atoms with Gasteiger partial charge in [0, 0.05) is 6.07 Å². The van der Waals surface area contributed by atoms with Gasteiger partial charge in [0.1, 0.15) is 17.8 Å². The maximum Gasteiger partial charge on any atom is 0.261 e. The van der Waals surface area contributed by atoms with Crippen LogP contribution in [0, 0.1) is 5.82 Å². The number of hydrogen-bond acceptors (Lipinski definition) is 4. The van der Waals surface area contributed by atoms with Crippen LogP contribution in [0.15, 0.2) is 54.4 Å². The number of carbonyl (C=O) groups is 2. The molecule has 2 aliphatic rings. The molecule has 2 heterocycles. The fraction of sp³-hybridized carbons (Fsp3) is 0.0588. The highest BCUT2D eigenvalue weighted by molar-refractivity contribution is 6.21. The Morgan fingerprint density at radius 2 is 1.74 bits per heavy atom. The average molecular weight is 310 g/mol. The summed E-state index contributed by atoms with van der Waals surface area (Å²) in [6.07, 6.45) is 1.42. The van der Waals surface area contributed by atoms with E-state index in [1.54, 1.807) is 24.3 Å². The Labute approximate surface area is 131 Å². The van der Waals surface area contributed by atoms with Crippen LogP contribution >= 0.6 is 0 Å². The van der Waals surface area contributed by atoms with Crippen LogP contribution in [0.2, 0.25) is 0 Å². The summed E-state index contributed by atoms with van der Waals surface area (Å²) in [5.74, 6) is -0.615. The number of nitrogens with one attached hydrogen (secondary N) is 1. The summed E-state index contributed by atoms with van der Waals surface area (Å²) in [5, 5.41) is 2.98. The number of halogens is 1. The van der Waals surface area contributed by atoms with E-state index in [2.05, 4.69) is 5.32 Å². The first-order chi connectivity index (χ1) is 11.1. The Balaban J connectivity index is 1.57. The molecule has 114 valence electrons. The molecule has 2 aliphatic heterocycles. The molecular formula is C17H11FN2O3. The molecule has 0 atom stereocenters. The van der Waals surface area contributed by atoms with Gasteiger partial charge in [0.05, 0.1) is 29.1 Å². The van der Waals surface area contributed by atoms with Gasteiger partial charge in [-0.15, -0.1) is 0 Å². The highest BCUT2D eigenvalue weighted by atomic mass is 19.1. The van der Waals surface area contributed by atoms with Gasteiger partial charge in [0.25, 0.3) is 11.8 Å². The van der Waals surface area contributed by atoms with Gasteiger partial charge in [0.15, 0.2) is 0 Å². The minimum absolute atomic E-state index is 0.0301. The third kappa shape index (κ3) is 2.15. The van der Waals surface area contributed by atoms with Crippen molar-refractivity contribution in [2.45, 2.75) is 0 Å². The summed E-state index contributed by atoms with van der Waals surface area (Å²) in [6.45, 7) is 0.0301. The molecular weight excluding hydrogens is 299 g/mol. The van der Waals surface area contributed by atoms with Crippen LogP contribution in [0.1, 0.15) is 20.7 Å². The second-order valence-corrected chi connectivity index (χ2v) is 5.27. The van der Waals surface area contributed by atoms with Gasteiger partial charge in [-0.25, -0.2) is 4.39 Å². The molecule has 2 aromatic carbocycles. The van der Waals surface area contributed by atoms with Gasteiger partial charge >= 0.3 is 0 Å². The minimum atomic E-state index is -0.401. The molecule has 0 unspecified atom stereocenters. The van der Waals surface area contributed by atoms with E-state index in [1.165, 1.54) is 24.5 Å². The topological polar surface area (TPSA) is 58.6 Å². The number of nitrogens with zero attached hydrogens (tertiary/aromatic N) is 1. The first kappa shape index (κ1) is 13.5. The quantitative estimate of drug-likeness (QED) is 0.867. The van der Waals surface area contributed by atoms with Crippen molar-refractivity contribution in [3.8, 4) is 5.75 Å². The molecule has 0 radical (unpaired) electrons. The van der Waals surface area contributed by atoms with Gasteiger partial charge in [-0.2, -0.15) is 0 Å². The maximum absolute atomic E-state index is 13.3. The van der Waals surface area contributed by atoms with Crippen molar-refractivity contribution in [1.29, 1.82) is 0 Å². The zero-order valence-corrected chi connectivity index (χ0v) is 11.9. The van der Waals surface area contributed by atoms with E-state index in [0.717, 1.165) is 4.90 Å². The van der Waals surface area contributed by atoms with E-state index >= 15 is 0 Å². The van der Waals surface area contributed by atoms with Crippen LogP contribution in [0.4, 0.5) is 10.1 Å². The lowest BCUT2D eigenvalue weighted by Gasteiger charge is -2.22. The van der Waals surface area contributed by atoms with Crippen molar-refractivity contribution in [2.24, 2.45) is 0 Å². The zero-order valence-electron chi connectivity index (χ0n) is 11.9. The molecule has 2 aromatic rings. The monoisotopic (exact) mass is 310 g/mol. The molecule has 0 aliphatic carbocycles. The number of imide groups is 1. The zero-order chi connectivity index (χ0) is 16.0. The standard InChI is InChI=1S/C17H11FN2O3/c18-10-5-6-15-14(7-10)19-11(9-23-15)8-20-16(21)12-3-1-2-4-13(12)17(20)22/h1-7,9,19H,8H2. The molecule has 0 saturated heterocycles. The van der Waals surface area contributed by atoms with Crippen LogP contribution in [0.5, 0.6) is 5.75 Å². The minimum Gasteiger partial charge on any atom is -0.461 e. The van der Waals surface area contributed by atoms with Crippen molar-refractivity contribution >= 4 is 17.5 Å². The highest BCUT2D eigenvalue weighted by Gasteiger charge is 2.35. The molecule has 0 fully saturated rings. The van der Waals surface area contributed by atoms with E-state index in [0.29, 0.717) is 28.3 Å². The average Bonchev–Trinajstić information content (AvgIpc) is 2.80. The van der Waals surface area contributed by atoms with Crippen molar-refractivity contribution < 1.29 is 18.7 Å². The molecule has 5 nitrogen and oxygen atoms in total. The summed E-state index contributed by atoms with van der Waals surface area (Å²) >= 11 is 0. The lowest BCUT2D eigenvalue weighted by Crippen LogP contribution is -2.33. The van der Waals surface area contributed by atoms with Crippen LogP contribution in [0.25, 0.3) is 0 Å². The fourth-order valence-corrected chi connectivity index (χ4v) is 2.67. The van der Waals surface area contributed by atoms with E-state index in [4.69, 9.17) is 4.74 Å². The Morgan fingerprint density at radius 1 is 1.04 bits per heavy atom. The third-order valence-corrected chi connectivity index (χ3v) is 3.77. The predicted octanol–water partition coefficient (Wildman–Crippen LogP) is 2.77. The van der Waals surface area contributed by atoms with Gasteiger partial charge < -0.3 is 10.1 Å². The number of rotatable bonds is 2. The van der Waals surface area contributed by atoms with E-state index in [-0.39, 0.29) is 18.4 Å². The van der Waals surface area contributed by atoms with Gasteiger partial charge in [-0.1, -0.05) is 12.1 Å². The second kappa shape index (κ2) is 4.95. The van der Waals surface area contributed by atoms with Crippen molar-refractivity contribution in [3.63, 3.8) is 0 Å². The molecule has 0 spiro atoms. The molecule has 6 heteroatoms. The van der Waals surface area contributed by atoms with E-state index in [9.17, 15) is 14.0 Å². The number of fused-ring (bicyclic) bond motifs is 2. The SMILES string of the molecule is O=C1c2ccccc2C(=O)N1CC1=COc2ccc(F)cc2N1. The van der Waals surface area contributed by atoms with Crippen molar-refractivity contribution in [1.82, 2.24) is 4.90 Å². The smallest absolute Gasteiger partial charge is 0.261 e. The Bertz CT molecular complexity index is 841. The first-order valence-electron chi connectivity index (χ1n) is 7.01. The van der Waals surface area contributed by atoms with Gasteiger partial charge in [-0.3, -0.25) is 14.5 Å². The van der Waals surface area contributed by atoms with Crippen LogP contribution < -0.4 is 10.1 Å². The summed E-state index contributed by atoms with van der Waals surface area (Å²) < 4.78 is 18.7. The largest absolute Gasteiger partial charge is 0.461 e. The first-order valence-corrected chi connectivity index (χ1v) is 7.01. The molecule has 0 bridgehead atoms. The van der Waals surface area contributed by atoms with Crippen LogP contribution in [0.3, 0.4) is 0 Å². The normalized spacial score (nSPS) is 15.5. The van der Waals surface area contributed by atoms with Gasteiger partial charge in [-0.05, 0) is 24.3 Å². The van der Waals surface area contributed by atoms with Crippen LogP contribution in [-0.4, -0.2) is 23.3 Å². The fourth-order valence-electron chi connectivity index (χ4n) is 2.67. The summed E-state index contributed by atoms with van der Waals surface area (Å²) in [4.78, 5) is 25.8. The number of hydrogen-bond donors (Lipinski definition) is 1. The predicted molar refractivity (Wildman–Crippen MR) is 80.5 cm³/mol. The molecule has 1 N–H and O–H groups in total. The lowest BCUT2D eigenvalue weighted by molar-refractivity contribution is 0.0667.